The minimum Gasteiger partial charge on any atom is -0.460 e. The molecular weight excluding hydrogens is 569 g/mol. The first-order chi connectivity index (χ1) is 20.7. The van der Waals surface area contributed by atoms with Crippen molar-refractivity contribution in [3.05, 3.63) is 61.7 Å². The van der Waals surface area contributed by atoms with Crippen LogP contribution in [0.4, 0.5) is 4.39 Å². The summed E-state index contributed by atoms with van der Waals surface area (Å²) >= 11 is 0. The maximum Gasteiger partial charge on any atom is 0.343 e. The van der Waals surface area contributed by atoms with Crippen LogP contribution in [-0.2, 0) is 49.0 Å². The number of hydrogen-bond donors (Lipinski definition) is 2. The van der Waals surface area contributed by atoms with E-state index in [4.69, 9.17) is 14.5 Å². The summed E-state index contributed by atoms with van der Waals surface area (Å²) < 4.78 is 27.2. The molecule has 0 saturated carbocycles. The summed E-state index contributed by atoms with van der Waals surface area (Å²) in [6.07, 6.45) is 1.62. The number of cyclic esters (lactones) is 1. The van der Waals surface area contributed by atoms with Crippen molar-refractivity contribution in [2.24, 2.45) is 0 Å². The highest BCUT2D eigenvalue weighted by atomic mass is 19.1. The number of carbonyl (C=O) groups excluding carboxylic acids is 3. The molecule has 0 radical (unpaired) electrons. The van der Waals surface area contributed by atoms with E-state index in [2.05, 4.69) is 5.32 Å². The maximum atomic E-state index is 15.1. The molecule has 0 unspecified atom stereocenters. The van der Waals surface area contributed by atoms with Crippen molar-refractivity contribution < 1.29 is 33.4 Å². The van der Waals surface area contributed by atoms with Crippen molar-refractivity contribution in [1.29, 1.82) is 0 Å². The van der Waals surface area contributed by atoms with Crippen LogP contribution in [0.5, 0.6) is 0 Å². The highest BCUT2D eigenvalue weighted by Gasteiger charge is 2.46. The molecule has 3 aliphatic rings. The summed E-state index contributed by atoms with van der Waals surface area (Å²) in [6, 6.07) is 2.57. The van der Waals surface area contributed by atoms with Crippen LogP contribution in [-0.4, -0.2) is 38.1 Å². The van der Waals surface area contributed by atoms with Crippen LogP contribution < -0.4 is 10.9 Å². The summed E-state index contributed by atoms with van der Waals surface area (Å²) in [6.45, 7) is 8.65. The number of pyridine rings is 2. The van der Waals surface area contributed by atoms with Gasteiger partial charge in [0.15, 0.2) is 5.60 Å². The Morgan fingerprint density at radius 2 is 1.95 bits per heavy atom. The molecule has 0 fully saturated rings. The Labute approximate surface area is 253 Å². The van der Waals surface area contributed by atoms with Gasteiger partial charge in [0, 0.05) is 35.4 Å². The molecular formula is C33H36FN3O7. The minimum absolute atomic E-state index is 0.0147. The lowest BCUT2D eigenvalue weighted by molar-refractivity contribution is -0.172. The van der Waals surface area contributed by atoms with Gasteiger partial charge in [0.25, 0.3) is 5.56 Å². The zero-order valence-corrected chi connectivity index (χ0v) is 25.6. The van der Waals surface area contributed by atoms with Gasteiger partial charge in [-0.1, -0.05) is 6.92 Å². The number of aromatic nitrogens is 2. The number of fused-ring (bicyclic) bond motifs is 5. The average Bonchev–Trinajstić information content (AvgIpc) is 3.32. The molecule has 11 heteroatoms. The van der Waals surface area contributed by atoms with E-state index in [0.717, 1.165) is 22.1 Å². The second-order valence-corrected chi connectivity index (χ2v) is 12.9. The standard InChI is InChI=1S/C33H36FN3O7/c1-6-33(42)20-12-24-29-18(14-37(24)30(40)19(20)15-43-31(33)41)28-22(35-25(38)8-7-9-26(39)44-32(3,4)5)11-10-17-16(2)21(34)13-23(36-29)27(17)28/h12-13,22,42H,6-11,14-15H2,1-5H3,(H,35,38)/t22-,33-/m0/s1. The van der Waals surface area contributed by atoms with E-state index in [1.54, 1.807) is 45.3 Å². The van der Waals surface area contributed by atoms with Gasteiger partial charge in [-0.3, -0.25) is 14.4 Å². The fourth-order valence-electron chi connectivity index (χ4n) is 6.75. The molecule has 232 valence electrons. The molecule has 1 aliphatic carbocycles. The van der Waals surface area contributed by atoms with Crippen molar-refractivity contribution >= 4 is 28.7 Å². The van der Waals surface area contributed by atoms with E-state index in [1.165, 1.54) is 6.07 Å². The third-order valence-electron chi connectivity index (χ3n) is 8.92. The van der Waals surface area contributed by atoms with E-state index in [1.807, 2.05) is 0 Å². The molecule has 2 aliphatic heterocycles. The number of amides is 1. The van der Waals surface area contributed by atoms with E-state index >= 15 is 4.39 Å². The van der Waals surface area contributed by atoms with Crippen LogP contribution in [0.25, 0.3) is 22.3 Å². The first kappa shape index (κ1) is 29.9. The van der Waals surface area contributed by atoms with Gasteiger partial charge in [0.2, 0.25) is 5.91 Å². The summed E-state index contributed by atoms with van der Waals surface area (Å²) in [5.74, 6) is -1.80. The molecule has 2 aromatic heterocycles. The van der Waals surface area contributed by atoms with E-state index in [9.17, 15) is 24.3 Å². The van der Waals surface area contributed by atoms with Crippen LogP contribution >= 0.6 is 0 Å². The first-order valence-corrected chi connectivity index (χ1v) is 15.1. The normalized spacial score (nSPS) is 20.1. The number of nitrogens with one attached hydrogen (secondary N) is 1. The average molecular weight is 606 g/mol. The zero-order valence-electron chi connectivity index (χ0n) is 25.6. The van der Waals surface area contributed by atoms with E-state index in [-0.39, 0.29) is 61.2 Å². The quantitative estimate of drug-likeness (QED) is 0.313. The number of benzene rings is 1. The topological polar surface area (TPSA) is 137 Å². The van der Waals surface area contributed by atoms with Gasteiger partial charge in [0.05, 0.1) is 35.1 Å². The second kappa shape index (κ2) is 10.5. The molecule has 2 atom stereocenters. The fourth-order valence-corrected chi connectivity index (χ4v) is 6.75. The fraction of sp³-hybridized carbons (Fsp3) is 0.485. The van der Waals surface area contributed by atoms with Gasteiger partial charge < -0.3 is 24.5 Å². The number of halogens is 1. The highest BCUT2D eigenvalue weighted by molar-refractivity contribution is 5.94. The molecule has 10 nitrogen and oxygen atoms in total. The third kappa shape index (κ3) is 4.77. The molecule has 0 saturated heterocycles. The monoisotopic (exact) mass is 605 g/mol. The molecule has 6 rings (SSSR count). The van der Waals surface area contributed by atoms with Crippen LogP contribution in [0.3, 0.4) is 0 Å². The SMILES string of the molecule is CC[C@@]1(O)C(=O)OCc2c1cc1n(c2=O)Cc2c-1nc1cc(F)c(C)c3c1c2[C@@H](NC(=O)CCCC(=O)OC(C)(C)C)CC3. The first-order valence-electron chi connectivity index (χ1n) is 15.1. The number of esters is 2. The largest absolute Gasteiger partial charge is 0.460 e. The van der Waals surface area contributed by atoms with Crippen molar-refractivity contribution in [3.63, 3.8) is 0 Å². The molecule has 2 N–H and O–H groups in total. The van der Waals surface area contributed by atoms with Crippen LogP contribution in [0.15, 0.2) is 16.9 Å². The lowest BCUT2D eigenvalue weighted by Gasteiger charge is -2.31. The molecule has 1 aromatic carbocycles. The number of nitrogens with zero attached hydrogens (tertiary/aromatic N) is 2. The van der Waals surface area contributed by atoms with Crippen molar-refractivity contribution in [2.45, 2.75) is 104 Å². The third-order valence-corrected chi connectivity index (χ3v) is 8.92. The van der Waals surface area contributed by atoms with Gasteiger partial charge in [-0.25, -0.2) is 14.2 Å². The Bertz CT molecular complexity index is 1820. The number of rotatable bonds is 6. The summed E-state index contributed by atoms with van der Waals surface area (Å²) in [5.41, 5.74) is 1.57. The number of aliphatic hydroxyl groups is 1. The lowest BCUT2D eigenvalue weighted by atomic mass is 9.81. The number of carbonyl (C=O) groups is 3. The van der Waals surface area contributed by atoms with Crippen molar-refractivity contribution in [1.82, 2.24) is 14.9 Å². The van der Waals surface area contributed by atoms with Gasteiger partial charge in [-0.15, -0.1) is 0 Å². The van der Waals surface area contributed by atoms with Crippen molar-refractivity contribution in [2.75, 3.05) is 0 Å². The highest BCUT2D eigenvalue weighted by Crippen LogP contribution is 2.46. The van der Waals surface area contributed by atoms with Gasteiger partial charge in [-0.2, -0.15) is 0 Å². The summed E-state index contributed by atoms with van der Waals surface area (Å²) in [4.78, 5) is 56.4. The Balaban J connectivity index is 1.41. The van der Waals surface area contributed by atoms with E-state index in [0.29, 0.717) is 41.7 Å². The molecule has 1 amide bonds. The predicted octanol–water partition coefficient (Wildman–Crippen LogP) is 4.14. The Morgan fingerprint density at radius 1 is 1.20 bits per heavy atom. The smallest absolute Gasteiger partial charge is 0.343 e. The minimum atomic E-state index is -1.97. The van der Waals surface area contributed by atoms with Crippen LogP contribution in [0, 0.1) is 12.7 Å². The molecule has 4 heterocycles. The van der Waals surface area contributed by atoms with Crippen LogP contribution in [0.2, 0.25) is 0 Å². The Morgan fingerprint density at radius 3 is 2.66 bits per heavy atom. The van der Waals surface area contributed by atoms with E-state index < -0.39 is 28.8 Å². The lowest BCUT2D eigenvalue weighted by Crippen LogP contribution is -2.44. The number of aryl methyl sites for hydroxylation is 1. The maximum absolute atomic E-state index is 15.1. The predicted molar refractivity (Wildman–Crippen MR) is 158 cm³/mol. The van der Waals surface area contributed by atoms with Gasteiger partial charge in [0.1, 0.15) is 18.0 Å². The summed E-state index contributed by atoms with van der Waals surface area (Å²) in [5, 5.41) is 15.1. The van der Waals surface area contributed by atoms with Crippen LogP contribution in [0.1, 0.15) is 99.2 Å². The summed E-state index contributed by atoms with van der Waals surface area (Å²) in [7, 11) is 0. The Hall–Kier alpha value is -4.12. The molecule has 44 heavy (non-hydrogen) atoms. The van der Waals surface area contributed by atoms with Crippen molar-refractivity contribution in [3.8, 4) is 11.4 Å². The van der Waals surface area contributed by atoms with Gasteiger partial charge >= 0.3 is 11.9 Å². The second-order valence-electron chi connectivity index (χ2n) is 12.9. The molecule has 3 aromatic rings. The number of hydrogen-bond acceptors (Lipinski definition) is 8. The Kier molecular flexibility index (Phi) is 7.14. The zero-order chi connectivity index (χ0) is 31.7. The number of ether oxygens (including phenoxy) is 2. The molecule has 0 bridgehead atoms. The van der Waals surface area contributed by atoms with Gasteiger partial charge in [-0.05, 0) is 76.1 Å². The molecule has 0 spiro atoms.